The Bertz CT molecular complexity index is 409. The molecule has 0 aliphatic heterocycles. The fraction of sp³-hybridized carbons (Fsp3) is 0.571. The van der Waals surface area contributed by atoms with Crippen LogP contribution in [-0.4, -0.2) is 19.8 Å². The van der Waals surface area contributed by atoms with E-state index < -0.39 is 0 Å². The normalized spacial score (nSPS) is 18.7. The second-order valence-electron chi connectivity index (χ2n) is 4.72. The summed E-state index contributed by atoms with van der Waals surface area (Å²) in [6.45, 7) is 2.83. The quantitative estimate of drug-likeness (QED) is 0.865. The molecule has 1 aliphatic rings. The number of ether oxygens (including phenoxy) is 1. The van der Waals surface area contributed by atoms with Crippen LogP contribution in [0, 0.1) is 11.7 Å². The molecule has 1 saturated carbocycles. The van der Waals surface area contributed by atoms with Crippen molar-refractivity contribution in [2.24, 2.45) is 5.92 Å². The molecule has 0 aromatic heterocycles. The highest BCUT2D eigenvalue weighted by Gasteiger charge is 2.38. The highest BCUT2D eigenvalue weighted by molar-refractivity contribution is 9.10. The van der Waals surface area contributed by atoms with Crippen LogP contribution in [0.2, 0.25) is 0 Å². The van der Waals surface area contributed by atoms with Crippen LogP contribution in [0.3, 0.4) is 0 Å². The molecule has 0 heterocycles. The summed E-state index contributed by atoms with van der Waals surface area (Å²) in [5.74, 6) is 0.364. The Morgan fingerprint density at radius 1 is 1.50 bits per heavy atom. The topological polar surface area (TPSA) is 21.3 Å². The summed E-state index contributed by atoms with van der Waals surface area (Å²) in [6.07, 6.45) is 2.40. The second-order valence-corrected chi connectivity index (χ2v) is 5.57. The van der Waals surface area contributed by atoms with Gasteiger partial charge < -0.3 is 10.1 Å². The Labute approximate surface area is 116 Å². The summed E-state index contributed by atoms with van der Waals surface area (Å²) < 4.78 is 20.3. The number of likely N-dealkylation sites (N-methyl/N-ethyl adjacent to an activating group) is 1. The molecule has 0 bridgehead atoms. The van der Waals surface area contributed by atoms with Crippen LogP contribution >= 0.6 is 15.9 Å². The number of hydrogen-bond donors (Lipinski definition) is 1. The summed E-state index contributed by atoms with van der Waals surface area (Å²) in [5, 5.41) is 3.35. The molecule has 1 N–H and O–H groups in total. The number of methoxy groups -OCH3 is 1. The van der Waals surface area contributed by atoms with Crippen molar-refractivity contribution in [1.29, 1.82) is 0 Å². The lowest BCUT2D eigenvalue weighted by Gasteiger charge is -2.27. The summed E-state index contributed by atoms with van der Waals surface area (Å²) in [4.78, 5) is 0. The first-order valence-electron chi connectivity index (χ1n) is 6.39. The van der Waals surface area contributed by atoms with E-state index in [1.165, 1.54) is 12.8 Å². The molecule has 1 aromatic carbocycles. The van der Waals surface area contributed by atoms with Crippen molar-refractivity contribution in [1.82, 2.24) is 5.32 Å². The molecule has 1 fully saturated rings. The van der Waals surface area contributed by atoms with Gasteiger partial charge in [-0.25, -0.2) is 4.39 Å². The van der Waals surface area contributed by atoms with Crippen molar-refractivity contribution in [2.75, 3.05) is 13.7 Å². The van der Waals surface area contributed by atoms with Crippen LogP contribution in [0.1, 0.15) is 31.4 Å². The Morgan fingerprint density at radius 2 is 2.22 bits per heavy atom. The van der Waals surface area contributed by atoms with Gasteiger partial charge in [-0.3, -0.25) is 0 Å². The van der Waals surface area contributed by atoms with Crippen molar-refractivity contribution < 1.29 is 9.13 Å². The summed E-state index contributed by atoms with van der Waals surface area (Å²) in [7, 11) is 1.71. The Kier molecular flexibility index (Phi) is 4.76. The molecular formula is C14H19BrFNO. The average Bonchev–Trinajstić information content (AvgIpc) is 3.17. The molecule has 0 spiro atoms. The molecule has 18 heavy (non-hydrogen) atoms. The first-order chi connectivity index (χ1) is 8.69. The first kappa shape index (κ1) is 14.0. The van der Waals surface area contributed by atoms with E-state index in [4.69, 9.17) is 4.74 Å². The lowest BCUT2D eigenvalue weighted by Crippen LogP contribution is -2.35. The summed E-state index contributed by atoms with van der Waals surface area (Å²) in [6, 6.07) is 5.35. The minimum Gasteiger partial charge on any atom is -0.379 e. The van der Waals surface area contributed by atoms with E-state index in [-0.39, 0.29) is 18.0 Å². The van der Waals surface area contributed by atoms with Crippen LogP contribution < -0.4 is 5.32 Å². The van der Waals surface area contributed by atoms with Gasteiger partial charge in [0.1, 0.15) is 5.82 Å². The van der Waals surface area contributed by atoms with E-state index in [1.54, 1.807) is 13.2 Å². The number of nitrogens with one attached hydrogen (secondary N) is 1. The zero-order chi connectivity index (χ0) is 13.1. The van der Waals surface area contributed by atoms with Crippen molar-refractivity contribution in [3.63, 3.8) is 0 Å². The molecule has 2 atom stereocenters. The van der Waals surface area contributed by atoms with Crippen LogP contribution in [-0.2, 0) is 4.74 Å². The van der Waals surface area contributed by atoms with Gasteiger partial charge in [0.2, 0.25) is 0 Å². The smallest absolute Gasteiger partial charge is 0.142 e. The maximum Gasteiger partial charge on any atom is 0.142 e. The Hall–Kier alpha value is -0.450. The van der Waals surface area contributed by atoms with Gasteiger partial charge in [-0.2, -0.15) is 0 Å². The molecule has 1 aromatic rings. The molecule has 0 radical (unpaired) electrons. The number of rotatable bonds is 6. The van der Waals surface area contributed by atoms with Gasteiger partial charge in [0, 0.05) is 12.7 Å². The molecule has 2 rings (SSSR count). The summed E-state index contributed by atoms with van der Waals surface area (Å²) in [5.41, 5.74) is 0.685. The van der Waals surface area contributed by atoms with E-state index in [0.717, 1.165) is 6.54 Å². The fourth-order valence-corrected chi connectivity index (χ4v) is 2.79. The first-order valence-corrected chi connectivity index (χ1v) is 7.18. The minimum atomic E-state index is -0.189. The van der Waals surface area contributed by atoms with E-state index in [0.29, 0.717) is 16.0 Å². The van der Waals surface area contributed by atoms with Gasteiger partial charge in [-0.15, -0.1) is 0 Å². The largest absolute Gasteiger partial charge is 0.379 e. The average molecular weight is 316 g/mol. The van der Waals surface area contributed by atoms with Crippen molar-refractivity contribution in [3.8, 4) is 0 Å². The maximum absolute atomic E-state index is 14.2. The van der Waals surface area contributed by atoms with Crippen LogP contribution in [0.5, 0.6) is 0 Å². The zero-order valence-electron chi connectivity index (χ0n) is 10.7. The van der Waals surface area contributed by atoms with Crippen LogP contribution in [0.25, 0.3) is 0 Å². The van der Waals surface area contributed by atoms with Gasteiger partial charge in [0.05, 0.1) is 16.6 Å². The number of benzene rings is 1. The number of halogens is 2. The standard InChI is InChI=1S/C14H19BrFNO/c1-3-17-13(14(18-2)9-7-8-9)10-5-4-6-11(15)12(10)16/h4-6,9,13-14,17H,3,7-8H2,1-2H3. The van der Waals surface area contributed by atoms with Gasteiger partial charge in [0.25, 0.3) is 0 Å². The lowest BCUT2D eigenvalue weighted by molar-refractivity contribution is 0.0500. The highest BCUT2D eigenvalue weighted by atomic mass is 79.9. The SMILES string of the molecule is CCNC(c1cccc(Br)c1F)C(OC)C1CC1. The van der Waals surface area contributed by atoms with Gasteiger partial charge in [-0.1, -0.05) is 19.1 Å². The molecule has 100 valence electrons. The Balaban J connectivity index is 2.30. The second kappa shape index (κ2) is 6.13. The highest BCUT2D eigenvalue weighted by Crippen LogP contribution is 2.40. The van der Waals surface area contributed by atoms with Crippen molar-refractivity contribution >= 4 is 15.9 Å². The van der Waals surface area contributed by atoms with E-state index in [9.17, 15) is 4.39 Å². The van der Waals surface area contributed by atoms with Gasteiger partial charge in [0.15, 0.2) is 0 Å². The van der Waals surface area contributed by atoms with Gasteiger partial charge >= 0.3 is 0 Å². The molecule has 0 saturated heterocycles. The third-order valence-electron chi connectivity index (χ3n) is 3.43. The van der Waals surface area contributed by atoms with Crippen LogP contribution in [0.15, 0.2) is 22.7 Å². The van der Waals surface area contributed by atoms with Gasteiger partial charge in [-0.05, 0) is 47.3 Å². The molecular weight excluding hydrogens is 297 g/mol. The zero-order valence-corrected chi connectivity index (χ0v) is 12.3. The molecule has 4 heteroatoms. The predicted molar refractivity (Wildman–Crippen MR) is 74.0 cm³/mol. The molecule has 2 unspecified atom stereocenters. The van der Waals surface area contributed by atoms with E-state index in [2.05, 4.69) is 21.2 Å². The van der Waals surface area contributed by atoms with Crippen molar-refractivity contribution in [3.05, 3.63) is 34.1 Å². The third-order valence-corrected chi connectivity index (χ3v) is 4.04. The molecule has 2 nitrogen and oxygen atoms in total. The molecule has 1 aliphatic carbocycles. The maximum atomic E-state index is 14.2. The lowest BCUT2D eigenvalue weighted by atomic mass is 9.97. The molecule has 0 amide bonds. The predicted octanol–water partition coefficient (Wildman–Crippen LogP) is 3.66. The van der Waals surface area contributed by atoms with Crippen molar-refractivity contribution in [2.45, 2.75) is 31.9 Å². The fourth-order valence-electron chi connectivity index (χ4n) is 2.41. The summed E-state index contributed by atoms with van der Waals surface area (Å²) >= 11 is 3.25. The Morgan fingerprint density at radius 3 is 2.78 bits per heavy atom. The van der Waals surface area contributed by atoms with E-state index in [1.807, 2.05) is 19.1 Å². The monoisotopic (exact) mass is 315 g/mol. The number of hydrogen-bond acceptors (Lipinski definition) is 2. The van der Waals surface area contributed by atoms with E-state index >= 15 is 0 Å². The third kappa shape index (κ3) is 2.92. The van der Waals surface area contributed by atoms with Crippen LogP contribution in [0.4, 0.5) is 4.39 Å². The minimum absolute atomic E-state index is 0.0498.